The number of benzene rings is 1. The molecule has 0 spiro atoms. The molecule has 0 amide bonds. The molecule has 3 N–H and O–H groups in total. The van der Waals surface area contributed by atoms with Crippen LogP contribution in [0.5, 0.6) is 5.75 Å². The maximum absolute atomic E-state index is 9.23. The van der Waals surface area contributed by atoms with Crippen LogP contribution in [0.4, 0.5) is 5.69 Å². The zero-order chi connectivity index (χ0) is 7.72. The van der Waals surface area contributed by atoms with E-state index in [2.05, 4.69) is 15.9 Å². The van der Waals surface area contributed by atoms with Crippen molar-refractivity contribution in [2.45, 2.75) is 6.92 Å². The number of aromatic hydroxyl groups is 1. The summed E-state index contributed by atoms with van der Waals surface area (Å²) in [6.45, 7) is 1.80. The minimum atomic E-state index is 0.161. The van der Waals surface area contributed by atoms with Gasteiger partial charge in [0, 0.05) is 4.47 Å². The third-order valence-corrected chi connectivity index (χ3v) is 2.06. The number of anilines is 1. The lowest BCUT2D eigenvalue weighted by molar-refractivity contribution is 0.473. The molecule has 0 aromatic heterocycles. The van der Waals surface area contributed by atoms with Crippen LogP contribution in [0, 0.1) is 6.92 Å². The molecule has 1 aromatic rings. The zero-order valence-electron chi connectivity index (χ0n) is 5.56. The van der Waals surface area contributed by atoms with Gasteiger partial charge in [-0.05, 0) is 34.5 Å². The summed E-state index contributed by atoms with van der Waals surface area (Å²) in [6, 6.07) is 3.61. The Morgan fingerprint density at radius 3 is 2.60 bits per heavy atom. The Bertz CT molecular complexity index is 233. The molecule has 0 saturated heterocycles. The molecule has 2 nitrogen and oxygen atoms in total. The molecule has 1 rings (SSSR count). The molecule has 0 atom stereocenters. The summed E-state index contributed by atoms with van der Waals surface area (Å²) in [7, 11) is 0. The summed E-state index contributed by atoms with van der Waals surface area (Å²) < 4.78 is 0.732. The molecule has 0 aliphatic heterocycles. The van der Waals surface area contributed by atoms with Gasteiger partial charge in [-0.25, -0.2) is 0 Å². The van der Waals surface area contributed by atoms with Gasteiger partial charge in [-0.3, -0.25) is 0 Å². The van der Waals surface area contributed by atoms with Crippen molar-refractivity contribution in [2.75, 3.05) is 5.73 Å². The van der Waals surface area contributed by atoms with Gasteiger partial charge in [-0.15, -0.1) is 0 Å². The summed E-state index contributed by atoms with van der Waals surface area (Å²) in [6.07, 6.45) is 0. The number of phenolic OH excluding ortho intramolecular Hbond substituents is 1. The van der Waals surface area contributed by atoms with Crippen molar-refractivity contribution < 1.29 is 5.11 Å². The maximum Gasteiger partial charge on any atom is 0.142 e. The normalized spacial score (nSPS) is 9.80. The highest BCUT2D eigenvalue weighted by atomic mass is 79.9. The molecule has 0 saturated carbocycles. The average molecular weight is 202 g/mol. The van der Waals surface area contributed by atoms with Crippen LogP contribution in [0.3, 0.4) is 0 Å². The van der Waals surface area contributed by atoms with Gasteiger partial charge in [-0.1, -0.05) is 6.07 Å². The molecule has 0 heterocycles. The topological polar surface area (TPSA) is 46.2 Å². The third-order valence-electron chi connectivity index (χ3n) is 1.37. The van der Waals surface area contributed by atoms with Gasteiger partial charge in [0.25, 0.3) is 0 Å². The molecule has 1 aromatic carbocycles. The Hall–Kier alpha value is -0.700. The van der Waals surface area contributed by atoms with Crippen molar-refractivity contribution >= 4 is 21.6 Å². The second-order valence-electron chi connectivity index (χ2n) is 2.13. The molecule has 0 fully saturated rings. The fraction of sp³-hybridized carbons (Fsp3) is 0.143. The second kappa shape index (κ2) is 2.50. The molecular formula is C7H8BrNO. The number of halogens is 1. The Labute approximate surface area is 67.8 Å². The van der Waals surface area contributed by atoms with Gasteiger partial charge in [-0.2, -0.15) is 0 Å². The zero-order valence-corrected chi connectivity index (χ0v) is 7.14. The summed E-state index contributed by atoms with van der Waals surface area (Å²) in [5.74, 6) is 0.161. The van der Waals surface area contributed by atoms with Crippen LogP contribution in [0.2, 0.25) is 0 Å². The third kappa shape index (κ3) is 1.09. The van der Waals surface area contributed by atoms with Crippen LogP contribution >= 0.6 is 15.9 Å². The monoisotopic (exact) mass is 201 g/mol. The van der Waals surface area contributed by atoms with E-state index in [0.29, 0.717) is 5.69 Å². The molecule has 0 bridgehead atoms. The molecule has 0 aliphatic carbocycles. The summed E-state index contributed by atoms with van der Waals surface area (Å²) in [5, 5.41) is 9.23. The van der Waals surface area contributed by atoms with Crippen molar-refractivity contribution in [2.24, 2.45) is 0 Å². The first kappa shape index (κ1) is 7.41. The fourth-order valence-electron chi connectivity index (χ4n) is 0.692. The Balaban J connectivity index is 3.34. The predicted octanol–water partition coefficient (Wildman–Crippen LogP) is 2.05. The lowest BCUT2D eigenvalue weighted by Gasteiger charge is -2.03. The first-order valence-electron chi connectivity index (χ1n) is 2.86. The van der Waals surface area contributed by atoms with E-state index in [-0.39, 0.29) is 5.75 Å². The lowest BCUT2D eigenvalue weighted by Crippen LogP contribution is -1.88. The van der Waals surface area contributed by atoms with Gasteiger partial charge in [0.2, 0.25) is 0 Å². The fourth-order valence-corrected chi connectivity index (χ4v) is 1.01. The second-order valence-corrected chi connectivity index (χ2v) is 2.98. The number of phenols is 1. The van der Waals surface area contributed by atoms with Crippen LogP contribution in [0.25, 0.3) is 0 Å². The highest BCUT2D eigenvalue weighted by Gasteiger charge is 2.02. The Morgan fingerprint density at radius 1 is 1.50 bits per heavy atom. The van der Waals surface area contributed by atoms with E-state index >= 15 is 0 Å². The van der Waals surface area contributed by atoms with E-state index < -0.39 is 0 Å². The van der Waals surface area contributed by atoms with Gasteiger partial charge in [0.05, 0.1) is 5.69 Å². The Kier molecular flexibility index (Phi) is 1.85. The van der Waals surface area contributed by atoms with Crippen LogP contribution in [-0.4, -0.2) is 5.11 Å². The van der Waals surface area contributed by atoms with E-state index in [4.69, 9.17) is 5.73 Å². The van der Waals surface area contributed by atoms with E-state index in [1.54, 1.807) is 13.0 Å². The van der Waals surface area contributed by atoms with Gasteiger partial charge >= 0.3 is 0 Å². The van der Waals surface area contributed by atoms with Crippen molar-refractivity contribution in [1.82, 2.24) is 0 Å². The minimum absolute atomic E-state index is 0.161. The quantitative estimate of drug-likeness (QED) is 0.499. The van der Waals surface area contributed by atoms with E-state index in [9.17, 15) is 5.11 Å². The molecule has 54 valence electrons. The number of rotatable bonds is 0. The van der Waals surface area contributed by atoms with E-state index in [1.807, 2.05) is 6.07 Å². The van der Waals surface area contributed by atoms with Crippen molar-refractivity contribution in [1.29, 1.82) is 0 Å². The van der Waals surface area contributed by atoms with E-state index in [1.165, 1.54) is 0 Å². The molecule has 3 heteroatoms. The van der Waals surface area contributed by atoms with Gasteiger partial charge in [0.15, 0.2) is 0 Å². The lowest BCUT2D eigenvalue weighted by atomic mass is 10.2. The number of nitrogen functional groups attached to an aromatic ring is 1. The molecule has 0 aliphatic rings. The highest BCUT2D eigenvalue weighted by Crippen LogP contribution is 2.31. The molecular weight excluding hydrogens is 194 g/mol. The largest absolute Gasteiger partial charge is 0.505 e. The first-order chi connectivity index (χ1) is 4.63. The van der Waals surface area contributed by atoms with Crippen LogP contribution in [-0.2, 0) is 0 Å². The maximum atomic E-state index is 9.23. The predicted molar refractivity (Wildman–Crippen MR) is 45.0 cm³/mol. The number of hydrogen-bond acceptors (Lipinski definition) is 2. The number of aryl methyl sites for hydroxylation is 1. The summed E-state index contributed by atoms with van der Waals surface area (Å²) in [5.41, 5.74) is 6.68. The van der Waals surface area contributed by atoms with Crippen molar-refractivity contribution in [3.63, 3.8) is 0 Å². The van der Waals surface area contributed by atoms with Crippen LogP contribution in [0.15, 0.2) is 16.6 Å². The average Bonchev–Trinajstić information content (AvgIpc) is 1.93. The number of hydrogen-bond donors (Lipinski definition) is 2. The minimum Gasteiger partial charge on any atom is -0.505 e. The van der Waals surface area contributed by atoms with E-state index in [0.717, 1.165) is 10.0 Å². The Morgan fingerprint density at radius 2 is 2.10 bits per heavy atom. The number of nitrogens with two attached hydrogens (primary N) is 1. The molecule has 0 unspecified atom stereocenters. The standard InChI is InChI=1S/C7H8BrNO/c1-4-2-3-5(8)6(9)7(4)10/h2-3,10H,9H2,1H3. The highest BCUT2D eigenvalue weighted by molar-refractivity contribution is 9.10. The van der Waals surface area contributed by atoms with Crippen LogP contribution < -0.4 is 5.73 Å². The van der Waals surface area contributed by atoms with Gasteiger partial charge < -0.3 is 10.8 Å². The summed E-state index contributed by atoms with van der Waals surface area (Å²) >= 11 is 3.20. The smallest absolute Gasteiger partial charge is 0.142 e. The first-order valence-corrected chi connectivity index (χ1v) is 3.65. The van der Waals surface area contributed by atoms with Crippen molar-refractivity contribution in [3.8, 4) is 5.75 Å². The van der Waals surface area contributed by atoms with Gasteiger partial charge in [0.1, 0.15) is 5.75 Å². The SMILES string of the molecule is Cc1ccc(Br)c(N)c1O. The van der Waals surface area contributed by atoms with Crippen LogP contribution in [0.1, 0.15) is 5.56 Å². The molecule has 10 heavy (non-hydrogen) atoms. The molecule has 0 radical (unpaired) electrons. The summed E-state index contributed by atoms with van der Waals surface area (Å²) in [4.78, 5) is 0. The van der Waals surface area contributed by atoms with Crippen molar-refractivity contribution in [3.05, 3.63) is 22.2 Å².